The molecule has 1 amide bonds. The number of carbonyl (C=O) groups excluding carboxylic acids is 1. The van der Waals surface area contributed by atoms with Crippen molar-refractivity contribution in [3.63, 3.8) is 0 Å². The molecule has 2 aromatic carbocycles. The normalized spacial score (nSPS) is 18.9. The highest BCUT2D eigenvalue weighted by Gasteiger charge is 2.51. The molecule has 0 saturated carbocycles. The molecule has 27 heavy (non-hydrogen) atoms. The third-order valence-electron chi connectivity index (χ3n) is 4.96. The quantitative estimate of drug-likeness (QED) is 0.811. The molecular weight excluding hydrogens is 353 g/mol. The predicted molar refractivity (Wildman–Crippen MR) is 99.9 cm³/mol. The maximum absolute atomic E-state index is 14.0. The number of hydrazine groups is 1. The van der Waals surface area contributed by atoms with Crippen molar-refractivity contribution < 1.29 is 18.0 Å². The summed E-state index contributed by atoms with van der Waals surface area (Å²) in [6, 6.07) is 8.72. The Morgan fingerprint density at radius 1 is 1.19 bits per heavy atom. The van der Waals surface area contributed by atoms with Crippen LogP contribution in [0.1, 0.15) is 44.9 Å². The fraction of sp³-hybridized carbons (Fsp3) is 0.476. The highest BCUT2D eigenvalue weighted by Crippen LogP contribution is 2.42. The van der Waals surface area contributed by atoms with Gasteiger partial charge in [0.15, 0.2) is 6.04 Å². The van der Waals surface area contributed by atoms with Crippen LogP contribution < -0.4 is 5.43 Å². The Morgan fingerprint density at radius 3 is 2.44 bits per heavy atom. The molecule has 1 atom stereocenters. The van der Waals surface area contributed by atoms with Crippen LogP contribution in [0.2, 0.25) is 0 Å². The second kappa shape index (κ2) is 6.82. The first kappa shape index (κ1) is 19.7. The van der Waals surface area contributed by atoms with E-state index in [0.717, 1.165) is 22.4 Å². The molecule has 0 aromatic heterocycles. The second-order valence-corrected chi connectivity index (χ2v) is 8.40. The van der Waals surface area contributed by atoms with E-state index in [1.807, 2.05) is 18.2 Å². The zero-order chi connectivity index (χ0) is 20.0. The summed E-state index contributed by atoms with van der Waals surface area (Å²) in [7, 11) is 0. The van der Waals surface area contributed by atoms with Crippen molar-refractivity contribution in [3.8, 4) is 0 Å². The monoisotopic (exact) mass is 378 g/mol. The summed E-state index contributed by atoms with van der Waals surface area (Å²) in [6.45, 7) is 7.52. The van der Waals surface area contributed by atoms with Gasteiger partial charge in [-0.15, -0.1) is 0 Å². The van der Waals surface area contributed by atoms with E-state index >= 15 is 0 Å². The van der Waals surface area contributed by atoms with Gasteiger partial charge in [-0.1, -0.05) is 50.2 Å². The first-order valence-corrected chi connectivity index (χ1v) is 9.15. The maximum atomic E-state index is 14.0. The van der Waals surface area contributed by atoms with Crippen molar-refractivity contribution in [1.82, 2.24) is 10.4 Å². The molecule has 1 saturated heterocycles. The zero-order valence-electron chi connectivity index (χ0n) is 16.0. The van der Waals surface area contributed by atoms with Gasteiger partial charge in [0.05, 0.1) is 5.41 Å². The number of nitrogens with zero attached hydrogens (tertiary/aromatic N) is 1. The minimum atomic E-state index is -4.52. The molecule has 146 valence electrons. The van der Waals surface area contributed by atoms with E-state index in [1.54, 1.807) is 26.0 Å². The molecule has 2 aromatic rings. The van der Waals surface area contributed by atoms with Crippen LogP contribution >= 0.6 is 0 Å². The number of hydrogen-bond acceptors (Lipinski definition) is 2. The average Bonchev–Trinajstić information content (AvgIpc) is 2.78. The van der Waals surface area contributed by atoms with Gasteiger partial charge in [0.2, 0.25) is 5.91 Å². The first-order valence-electron chi connectivity index (χ1n) is 9.15. The molecule has 0 unspecified atom stereocenters. The van der Waals surface area contributed by atoms with E-state index in [0.29, 0.717) is 11.3 Å². The summed E-state index contributed by atoms with van der Waals surface area (Å²) in [4.78, 5) is 12.1. The summed E-state index contributed by atoms with van der Waals surface area (Å²) < 4.78 is 42.1. The summed E-state index contributed by atoms with van der Waals surface area (Å²) in [5.74, 6) is 0.0757. The van der Waals surface area contributed by atoms with Crippen LogP contribution in [0.5, 0.6) is 0 Å². The predicted octanol–water partition coefficient (Wildman–Crippen LogP) is 5.01. The SMILES string of the molecule is CC(C)Cc1ccc2c([C@H](N3CC(C)(C)C(=O)N3)C(F)(F)F)cccc2c1. The molecule has 1 fully saturated rings. The summed E-state index contributed by atoms with van der Waals surface area (Å²) in [6.07, 6.45) is -3.64. The van der Waals surface area contributed by atoms with E-state index < -0.39 is 23.5 Å². The smallest absolute Gasteiger partial charge is 0.287 e. The zero-order valence-corrected chi connectivity index (χ0v) is 16.0. The highest BCUT2D eigenvalue weighted by atomic mass is 19.4. The second-order valence-electron chi connectivity index (χ2n) is 8.40. The van der Waals surface area contributed by atoms with Crippen molar-refractivity contribution in [2.24, 2.45) is 11.3 Å². The molecule has 0 aliphatic carbocycles. The van der Waals surface area contributed by atoms with Gasteiger partial charge in [-0.05, 0) is 48.1 Å². The molecule has 1 aliphatic rings. The lowest BCUT2D eigenvalue weighted by Gasteiger charge is -2.30. The number of alkyl halides is 3. The Balaban J connectivity index is 2.08. The van der Waals surface area contributed by atoms with Crippen LogP contribution in [0.15, 0.2) is 36.4 Å². The lowest BCUT2D eigenvalue weighted by molar-refractivity contribution is -0.191. The third kappa shape index (κ3) is 3.95. The molecule has 1 N–H and O–H groups in total. The number of halogens is 3. The number of fused-ring (bicyclic) bond motifs is 1. The van der Waals surface area contributed by atoms with Crippen LogP contribution in [0, 0.1) is 11.3 Å². The molecule has 3 nitrogen and oxygen atoms in total. The van der Waals surface area contributed by atoms with Gasteiger partial charge in [-0.3, -0.25) is 10.2 Å². The fourth-order valence-electron chi connectivity index (χ4n) is 3.69. The van der Waals surface area contributed by atoms with Gasteiger partial charge >= 0.3 is 6.18 Å². The number of nitrogens with one attached hydrogen (secondary N) is 1. The molecule has 0 radical (unpaired) electrons. The van der Waals surface area contributed by atoms with Crippen LogP contribution in [0.3, 0.4) is 0 Å². The van der Waals surface area contributed by atoms with E-state index in [9.17, 15) is 18.0 Å². The van der Waals surface area contributed by atoms with Crippen molar-refractivity contribution >= 4 is 16.7 Å². The molecule has 1 heterocycles. The number of rotatable bonds is 4. The third-order valence-corrected chi connectivity index (χ3v) is 4.96. The number of amides is 1. The first-order chi connectivity index (χ1) is 12.5. The Kier molecular flexibility index (Phi) is 4.97. The van der Waals surface area contributed by atoms with Gasteiger partial charge in [0.1, 0.15) is 0 Å². The van der Waals surface area contributed by atoms with Crippen LogP contribution in [-0.4, -0.2) is 23.6 Å². The van der Waals surface area contributed by atoms with E-state index in [1.165, 1.54) is 6.07 Å². The molecular formula is C21H25F3N2O. The standard InChI is InChI=1S/C21H25F3N2O/c1-13(2)10-14-8-9-16-15(11-14)6-5-7-17(16)18(21(22,23)24)26-12-20(3,4)19(27)25-26/h5-9,11,13,18H,10,12H2,1-4H3,(H,25,27)/t18-/m0/s1. The van der Waals surface area contributed by atoms with E-state index in [-0.39, 0.29) is 12.1 Å². The number of carbonyl (C=O) groups is 1. The Bertz CT molecular complexity index is 858. The Morgan fingerprint density at radius 2 is 1.89 bits per heavy atom. The van der Waals surface area contributed by atoms with Crippen LogP contribution in [-0.2, 0) is 11.2 Å². The summed E-state index contributed by atoms with van der Waals surface area (Å²) >= 11 is 0. The van der Waals surface area contributed by atoms with Crippen molar-refractivity contribution in [2.45, 2.75) is 46.3 Å². The largest absolute Gasteiger partial charge is 0.409 e. The van der Waals surface area contributed by atoms with E-state index in [4.69, 9.17) is 0 Å². The molecule has 3 rings (SSSR count). The number of hydrogen-bond donors (Lipinski definition) is 1. The van der Waals surface area contributed by atoms with Crippen molar-refractivity contribution in [2.75, 3.05) is 6.54 Å². The van der Waals surface area contributed by atoms with Crippen molar-refractivity contribution in [1.29, 1.82) is 0 Å². The maximum Gasteiger partial charge on any atom is 0.409 e. The Hall–Kier alpha value is -2.08. The van der Waals surface area contributed by atoms with Gasteiger partial charge in [0, 0.05) is 6.54 Å². The highest BCUT2D eigenvalue weighted by molar-refractivity contribution is 5.87. The molecule has 1 aliphatic heterocycles. The number of benzene rings is 2. The Labute approximate surface area is 157 Å². The van der Waals surface area contributed by atoms with E-state index in [2.05, 4.69) is 19.3 Å². The van der Waals surface area contributed by atoms with Gasteiger partial charge in [-0.2, -0.15) is 13.2 Å². The molecule has 0 spiro atoms. The summed E-state index contributed by atoms with van der Waals surface area (Å²) in [5, 5.41) is 2.37. The van der Waals surface area contributed by atoms with Crippen LogP contribution in [0.4, 0.5) is 13.2 Å². The minimum absolute atomic E-state index is 0.00215. The van der Waals surface area contributed by atoms with Crippen LogP contribution in [0.25, 0.3) is 10.8 Å². The van der Waals surface area contributed by atoms with Gasteiger partial charge in [-0.25, -0.2) is 5.01 Å². The lowest BCUT2D eigenvalue weighted by Crippen LogP contribution is -2.43. The minimum Gasteiger partial charge on any atom is -0.287 e. The van der Waals surface area contributed by atoms with Gasteiger partial charge < -0.3 is 0 Å². The molecule has 6 heteroatoms. The fourth-order valence-corrected chi connectivity index (χ4v) is 3.69. The lowest BCUT2D eigenvalue weighted by atomic mass is 9.92. The molecule has 0 bridgehead atoms. The van der Waals surface area contributed by atoms with Crippen molar-refractivity contribution in [3.05, 3.63) is 47.5 Å². The topological polar surface area (TPSA) is 32.3 Å². The van der Waals surface area contributed by atoms with Gasteiger partial charge in [0.25, 0.3) is 0 Å². The average molecular weight is 378 g/mol. The summed E-state index contributed by atoms with van der Waals surface area (Å²) in [5.41, 5.74) is 2.83.